The van der Waals surface area contributed by atoms with Gasteiger partial charge in [0.05, 0.1) is 17.3 Å². The van der Waals surface area contributed by atoms with Crippen LogP contribution in [-0.2, 0) is 20.8 Å². The smallest absolute Gasteiger partial charge is 0.322 e. The fourth-order valence-corrected chi connectivity index (χ4v) is 6.63. The molecule has 5 atom stereocenters. The first-order chi connectivity index (χ1) is 18.8. The van der Waals surface area contributed by atoms with Gasteiger partial charge in [-0.05, 0) is 51.4 Å². The van der Waals surface area contributed by atoms with Gasteiger partial charge in [-0.1, -0.05) is 6.07 Å². The van der Waals surface area contributed by atoms with E-state index in [2.05, 4.69) is 10.6 Å². The van der Waals surface area contributed by atoms with Crippen molar-refractivity contribution in [2.75, 3.05) is 39.0 Å². The van der Waals surface area contributed by atoms with Crippen molar-refractivity contribution in [1.29, 1.82) is 0 Å². The van der Waals surface area contributed by atoms with Crippen molar-refractivity contribution in [3.8, 4) is 5.75 Å². The quantitative estimate of drug-likeness (QED) is 0.193. The minimum absolute atomic E-state index is 0.00614. The highest BCUT2D eigenvalue weighted by atomic mass is 16.3. The van der Waals surface area contributed by atoms with Crippen LogP contribution in [0.2, 0.25) is 0 Å². The maximum absolute atomic E-state index is 13.9. The number of benzene rings is 1. The zero-order valence-electron chi connectivity index (χ0n) is 22.4. The van der Waals surface area contributed by atoms with Crippen LogP contribution in [0.5, 0.6) is 5.75 Å². The molecule has 5 rings (SSSR count). The van der Waals surface area contributed by atoms with Crippen LogP contribution < -0.4 is 16.4 Å². The first-order valence-corrected chi connectivity index (χ1v) is 13.1. The largest absolute Gasteiger partial charge is 0.508 e. The molecule has 8 N–H and O–H groups in total. The number of amides is 3. The number of rotatable bonds is 3. The summed E-state index contributed by atoms with van der Waals surface area (Å²) in [4.78, 5) is 55.0. The lowest BCUT2D eigenvalue weighted by atomic mass is 9.57. The fourth-order valence-electron chi connectivity index (χ4n) is 6.63. The predicted octanol–water partition coefficient (Wildman–Crippen LogP) is -0.210. The number of aliphatic hydroxyl groups excluding tert-OH is 2. The molecule has 1 aliphatic heterocycles. The Bertz CT molecular complexity index is 1400. The van der Waals surface area contributed by atoms with Crippen LogP contribution in [0.4, 0.5) is 10.5 Å². The van der Waals surface area contributed by atoms with E-state index >= 15 is 0 Å². The van der Waals surface area contributed by atoms with Crippen molar-refractivity contribution in [3.63, 3.8) is 0 Å². The third-order valence-corrected chi connectivity index (χ3v) is 8.49. The number of hydrogen-bond acceptors (Lipinski definition) is 10. The number of nitrogens with two attached hydrogens (primary N) is 1. The second-order valence-corrected chi connectivity index (χ2v) is 11.2. The molecule has 214 valence electrons. The van der Waals surface area contributed by atoms with Crippen LogP contribution in [0, 0.1) is 11.8 Å². The maximum Gasteiger partial charge on any atom is 0.322 e. The fraction of sp³-hybridized carbons (Fsp3) is 0.481. The third kappa shape index (κ3) is 3.95. The van der Waals surface area contributed by atoms with Crippen molar-refractivity contribution in [2.45, 2.75) is 37.5 Å². The normalized spacial score (nSPS) is 30.2. The summed E-state index contributed by atoms with van der Waals surface area (Å²) in [7, 11) is 3.09. The van der Waals surface area contributed by atoms with E-state index in [4.69, 9.17) is 5.73 Å². The Morgan fingerprint density at radius 3 is 2.52 bits per heavy atom. The first-order valence-electron chi connectivity index (χ1n) is 13.1. The zero-order chi connectivity index (χ0) is 29.3. The number of aromatic hydroxyl groups is 1. The molecule has 1 aromatic carbocycles. The molecule has 40 heavy (non-hydrogen) atoms. The Morgan fingerprint density at radius 2 is 1.90 bits per heavy atom. The van der Waals surface area contributed by atoms with Gasteiger partial charge in [0.2, 0.25) is 5.78 Å². The van der Waals surface area contributed by atoms with Crippen LogP contribution in [0.25, 0.3) is 5.76 Å². The molecule has 2 fully saturated rings. The van der Waals surface area contributed by atoms with E-state index in [1.807, 2.05) is 6.92 Å². The molecule has 4 aliphatic rings. The molecule has 0 bridgehead atoms. The van der Waals surface area contributed by atoms with Gasteiger partial charge in [0.1, 0.15) is 22.8 Å². The topological polar surface area (TPSA) is 206 Å². The average Bonchev–Trinajstić information content (AvgIpc) is 2.87. The highest BCUT2D eigenvalue weighted by Crippen LogP contribution is 2.53. The lowest BCUT2D eigenvalue weighted by Gasteiger charge is -2.50. The lowest BCUT2D eigenvalue weighted by Crippen LogP contribution is -2.65. The summed E-state index contributed by atoms with van der Waals surface area (Å²) in [6.07, 6.45) is 0.178. The summed E-state index contributed by atoms with van der Waals surface area (Å²) in [5.41, 5.74) is 1.97. The van der Waals surface area contributed by atoms with Crippen LogP contribution in [0.1, 0.15) is 24.5 Å². The number of fused-ring (bicyclic) bond motifs is 3. The molecular formula is C27H33N5O8. The number of likely N-dealkylation sites (N-methyl/N-ethyl adjacent to an activating group) is 1. The molecule has 1 heterocycles. The highest BCUT2D eigenvalue weighted by Gasteiger charge is 2.64. The van der Waals surface area contributed by atoms with Crippen molar-refractivity contribution >= 4 is 35.0 Å². The number of phenolic OH excluding ortho intramolecular Hbond substituents is 1. The average molecular weight is 556 g/mol. The van der Waals surface area contributed by atoms with Gasteiger partial charge < -0.3 is 41.7 Å². The van der Waals surface area contributed by atoms with Gasteiger partial charge in [-0.25, -0.2) is 4.79 Å². The van der Waals surface area contributed by atoms with Crippen LogP contribution in [-0.4, -0.2) is 105 Å². The first kappa shape index (κ1) is 27.6. The Kier molecular flexibility index (Phi) is 6.63. The van der Waals surface area contributed by atoms with E-state index in [-0.39, 0.29) is 35.7 Å². The minimum atomic E-state index is -2.70. The van der Waals surface area contributed by atoms with E-state index in [0.717, 1.165) is 0 Å². The van der Waals surface area contributed by atoms with Crippen LogP contribution >= 0.6 is 0 Å². The van der Waals surface area contributed by atoms with Gasteiger partial charge in [0.15, 0.2) is 11.4 Å². The summed E-state index contributed by atoms with van der Waals surface area (Å²) in [5, 5.41) is 50.9. The number of nitrogens with one attached hydrogen (secondary N) is 2. The molecule has 4 unspecified atom stereocenters. The van der Waals surface area contributed by atoms with E-state index in [0.29, 0.717) is 25.2 Å². The monoisotopic (exact) mass is 555 g/mol. The molecule has 1 saturated carbocycles. The third-order valence-electron chi connectivity index (χ3n) is 8.49. The maximum atomic E-state index is 13.9. The van der Waals surface area contributed by atoms with Crippen LogP contribution in [0.3, 0.4) is 0 Å². The number of hydrogen-bond donors (Lipinski definition) is 7. The summed E-state index contributed by atoms with van der Waals surface area (Å²) in [6, 6.07) is 1.65. The molecule has 13 heteroatoms. The molecular weight excluding hydrogens is 522 g/mol. The van der Waals surface area contributed by atoms with Crippen molar-refractivity contribution < 1.29 is 39.6 Å². The zero-order valence-corrected chi connectivity index (χ0v) is 22.4. The van der Waals surface area contributed by atoms with E-state index in [9.17, 15) is 39.6 Å². The lowest BCUT2D eigenvalue weighted by molar-refractivity contribution is -0.153. The number of piperazine rings is 1. The number of primary amides is 1. The molecule has 13 nitrogen and oxygen atoms in total. The van der Waals surface area contributed by atoms with Gasteiger partial charge in [0.25, 0.3) is 5.91 Å². The van der Waals surface area contributed by atoms with Gasteiger partial charge in [-0.2, -0.15) is 0 Å². The molecule has 1 saturated heterocycles. The Balaban J connectivity index is 1.57. The van der Waals surface area contributed by atoms with Crippen molar-refractivity contribution in [3.05, 3.63) is 40.2 Å². The number of urea groups is 1. The van der Waals surface area contributed by atoms with E-state index in [1.54, 1.807) is 25.1 Å². The van der Waals surface area contributed by atoms with Gasteiger partial charge in [0, 0.05) is 37.2 Å². The van der Waals surface area contributed by atoms with E-state index in [1.165, 1.54) is 11.0 Å². The number of aliphatic hydroxyl groups is 3. The summed E-state index contributed by atoms with van der Waals surface area (Å²) < 4.78 is 0. The molecule has 0 spiro atoms. The number of carbonyl (C=O) groups excluding carboxylic acids is 4. The summed E-state index contributed by atoms with van der Waals surface area (Å²) in [5.74, 6) is -7.19. The highest BCUT2D eigenvalue weighted by molar-refractivity contribution is 6.24. The Labute approximate surface area is 229 Å². The summed E-state index contributed by atoms with van der Waals surface area (Å²) >= 11 is 0. The van der Waals surface area contributed by atoms with Gasteiger partial charge in [-0.15, -0.1) is 0 Å². The number of carbonyl (C=O) groups is 4. The second kappa shape index (κ2) is 9.61. The molecule has 1 aromatic rings. The van der Waals surface area contributed by atoms with Gasteiger partial charge >= 0.3 is 6.03 Å². The number of ketones is 2. The van der Waals surface area contributed by atoms with Gasteiger partial charge in [-0.3, -0.25) is 19.3 Å². The number of anilines is 1. The molecule has 0 aromatic heterocycles. The van der Waals surface area contributed by atoms with Crippen molar-refractivity contribution in [1.82, 2.24) is 15.1 Å². The molecule has 3 amide bonds. The van der Waals surface area contributed by atoms with Crippen LogP contribution in [0.15, 0.2) is 29.0 Å². The standard InChI is InChI=1S/C27H33N5O8/c1-11-10-32(7-6-29-11)26(39)30-15-5-4-12-8-13-9-14-19(31(2)3)22(35)18(25(28)38)24(37)27(14,40)23(36)17(13)21(34)16(12)20(15)33/h4-5,11,13-14,19,29,33-34,37,40H,6-10H2,1-3H3,(H2,28,38)(H,30,39)/t11-,13?,14?,19?,27?/m0/s1. The molecule has 3 aliphatic carbocycles. The predicted molar refractivity (Wildman–Crippen MR) is 142 cm³/mol. The summed E-state index contributed by atoms with van der Waals surface area (Å²) in [6.45, 7) is 3.49. The number of phenols is 1. The number of nitrogens with zero attached hydrogens (tertiary/aromatic N) is 2. The van der Waals surface area contributed by atoms with Crippen molar-refractivity contribution in [2.24, 2.45) is 17.6 Å². The SMILES string of the molecule is C[C@H]1CN(C(=O)Nc2ccc3c(c2O)C(O)=C2C(=O)C4(O)C(O)=C(C(N)=O)C(=O)C(N(C)C)C4CC2C3)CCN1. The Morgan fingerprint density at radius 1 is 1.20 bits per heavy atom. The Hall–Kier alpha value is -3.94. The number of Topliss-reactive ketones (excluding diaryl/α,β-unsaturated/α-hetero) is 2. The second-order valence-electron chi connectivity index (χ2n) is 11.2. The minimum Gasteiger partial charge on any atom is -0.508 e. The molecule has 0 radical (unpaired) electrons. The van der Waals surface area contributed by atoms with E-state index < -0.39 is 69.8 Å².